The van der Waals surface area contributed by atoms with Crippen LogP contribution in [0.5, 0.6) is 5.75 Å². The fourth-order valence-electron chi connectivity index (χ4n) is 1.05. The molecular weight excluding hydrogens is 304 g/mol. The van der Waals surface area contributed by atoms with Crippen molar-refractivity contribution in [2.24, 2.45) is 0 Å². The summed E-state index contributed by atoms with van der Waals surface area (Å²) in [5.74, 6) is 0.306. The van der Waals surface area contributed by atoms with E-state index in [-0.39, 0.29) is 0 Å². The van der Waals surface area contributed by atoms with Gasteiger partial charge in [0.2, 0.25) is 0 Å². The van der Waals surface area contributed by atoms with Crippen LogP contribution in [0.15, 0.2) is 26.5 Å². The second-order valence-corrected chi connectivity index (χ2v) is 4.97. The van der Waals surface area contributed by atoms with E-state index in [0.717, 1.165) is 19.0 Å². The summed E-state index contributed by atoms with van der Waals surface area (Å²) in [4.78, 5) is 0. The Labute approximate surface area is 90.3 Å². The quantitative estimate of drug-likeness (QED) is 0.776. The zero-order valence-corrected chi connectivity index (χ0v) is 9.83. The van der Waals surface area contributed by atoms with Crippen LogP contribution in [0.2, 0.25) is 0 Å². The molecule has 0 unspecified atom stereocenters. The summed E-state index contributed by atoms with van der Waals surface area (Å²) < 4.78 is 2.76. The van der Waals surface area contributed by atoms with Gasteiger partial charge in [-0.3, -0.25) is 0 Å². The van der Waals surface area contributed by atoms with E-state index in [1.54, 1.807) is 11.3 Å². The summed E-state index contributed by atoms with van der Waals surface area (Å²) in [6.45, 7) is 0. The Kier molecular flexibility index (Phi) is 2.14. The van der Waals surface area contributed by atoms with Crippen LogP contribution in [-0.2, 0) is 0 Å². The molecule has 1 heterocycles. The molecule has 2 aromatic rings. The molecule has 1 N–H and O–H groups in total. The van der Waals surface area contributed by atoms with Crippen LogP contribution in [0.4, 0.5) is 0 Å². The Morgan fingerprint density at radius 1 is 1.17 bits per heavy atom. The molecular formula is C8H4Br2OS. The number of phenols is 1. The van der Waals surface area contributed by atoms with Gasteiger partial charge >= 0.3 is 0 Å². The van der Waals surface area contributed by atoms with Crippen molar-refractivity contribution in [1.29, 1.82) is 0 Å². The first-order chi connectivity index (χ1) is 5.70. The highest BCUT2D eigenvalue weighted by Gasteiger charge is 2.08. The zero-order chi connectivity index (χ0) is 8.72. The van der Waals surface area contributed by atoms with Crippen LogP contribution in [-0.4, -0.2) is 5.11 Å². The molecule has 0 spiro atoms. The Bertz CT molecular complexity index is 436. The van der Waals surface area contributed by atoms with Crippen molar-refractivity contribution in [2.75, 3.05) is 0 Å². The lowest BCUT2D eigenvalue weighted by Crippen LogP contribution is -1.70. The first kappa shape index (κ1) is 8.53. The lowest BCUT2D eigenvalue weighted by Gasteiger charge is -1.98. The first-order valence-electron chi connectivity index (χ1n) is 3.24. The van der Waals surface area contributed by atoms with E-state index < -0.39 is 0 Å². The van der Waals surface area contributed by atoms with Crippen LogP contribution >= 0.6 is 43.2 Å². The van der Waals surface area contributed by atoms with Gasteiger partial charge in [-0.25, -0.2) is 0 Å². The predicted molar refractivity (Wildman–Crippen MR) is 58.9 cm³/mol. The van der Waals surface area contributed by atoms with Crippen molar-refractivity contribution >= 4 is 53.3 Å². The van der Waals surface area contributed by atoms with Crippen LogP contribution in [0, 0.1) is 0 Å². The van der Waals surface area contributed by atoms with Crippen molar-refractivity contribution in [3.63, 3.8) is 0 Å². The summed E-state index contributed by atoms with van der Waals surface area (Å²) in [5.41, 5.74) is 0. The Morgan fingerprint density at radius 2 is 1.92 bits per heavy atom. The molecule has 0 aliphatic carbocycles. The maximum Gasteiger partial charge on any atom is 0.139 e. The normalized spacial score (nSPS) is 10.8. The molecule has 0 atom stereocenters. The average molecular weight is 308 g/mol. The third-order valence-electron chi connectivity index (χ3n) is 1.62. The molecule has 0 bridgehead atoms. The van der Waals surface area contributed by atoms with Crippen LogP contribution in [0.1, 0.15) is 0 Å². The number of hydrogen-bond acceptors (Lipinski definition) is 2. The largest absolute Gasteiger partial charge is 0.506 e. The number of aromatic hydroxyl groups is 1. The molecule has 4 heteroatoms. The molecule has 0 saturated carbocycles. The van der Waals surface area contributed by atoms with Crippen molar-refractivity contribution in [1.82, 2.24) is 0 Å². The Morgan fingerprint density at radius 3 is 2.67 bits per heavy atom. The molecule has 0 fully saturated rings. The molecule has 0 aliphatic rings. The summed E-state index contributed by atoms with van der Waals surface area (Å²) in [7, 11) is 0. The van der Waals surface area contributed by atoms with E-state index in [4.69, 9.17) is 0 Å². The SMILES string of the molecule is Oc1c(Br)ccc2scc(Br)c12. The van der Waals surface area contributed by atoms with Gasteiger partial charge in [0.25, 0.3) is 0 Å². The second kappa shape index (κ2) is 3.01. The lowest BCUT2D eigenvalue weighted by atomic mass is 10.2. The van der Waals surface area contributed by atoms with Crippen molar-refractivity contribution in [3.05, 3.63) is 26.5 Å². The molecule has 0 radical (unpaired) electrons. The van der Waals surface area contributed by atoms with Gasteiger partial charge in [0.05, 0.1) is 4.47 Å². The molecule has 0 saturated heterocycles. The maximum atomic E-state index is 9.66. The molecule has 1 aromatic heterocycles. The highest BCUT2D eigenvalue weighted by molar-refractivity contribution is 9.11. The van der Waals surface area contributed by atoms with E-state index >= 15 is 0 Å². The van der Waals surface area contributed by atoms with Crippen molar-refractivity contribution < 1.29 is 5.11 Å². The highest BCUT2D eigenvalue weighted by Crippen LogP contribution is 2.40. The number of fused-ring (bicyclic) bond motifs is 1. The van der Waals surface area contributed by atoms with Crippen LogP contribution in [0.3, 0.4) is 0 Å². The third-order valence-corrected chi connectivity index (χ3v) is 4.13. The highest BCUT2D eigenvalue weighted by atomic mass is 79.9. The number of phenolic OH excluding ortho intramolecular Hbond substituents is 1. The number of rotatable bonds is 0. The van der Waals surface area contributed by atoms with Gasteiger partial charge < -0.3 is 5.11 Å². The summed E-state index contributed by atoms with van der Waals surface area (Å²) in [6.07, 6.45) is 0. The van der Waals surface area contributed by atoms with Gasteiger partial charge in [-0.15, -0.1) is 11.3 Å². The predicted octanol–water partition coefficient (Wildman–Crippen LogP) is 4.13. The monoisotopic (exact) mass is 306 g/mol. The lowest BCUT2D eigenvalue weighted by molar-refractivity contribution is 0.478. The summed E-state index contributed by atoms with van der Waals surface area (Å²) in [6, 6.07) is 3.83. The minimum Gasteiger partial charge on any atom is -0.506 e. The second-order valence-electron chi connectivity index (χ2n) is 2.35. The van der Waals surface area contributed by atoms with Crippen LogP contribution in [0.25, 0.3) is 10.1 Å². The molecule has 2 rings (SSSR count). The van der Waals surface area contributed by atoms with E-state index in [0.29, 0.717) is 5.75 Å². The zero-order valence-electron chi connectivity index (χ0n) is 5.84. The summed E-state index contributed by atoms with van der Waals surface area (Å²) >= 11 is 8.26. The summed E-state index contributed by atoms with van der Waals surface area (Å²) in [5, 5.41) is 12.5. The molecule has 1 aromatic carbocycles. The number of benzene rings is 1. The molecule has 0 aliphatic heterocycles. The number of thiophene rings is 1. The fourth-order valence-corrected chi connectivity index (χ4v) is 3.01. The van der Waals surface area contributed by atoms with Gasteiger partial charge in [-0.05, 0) is 44.0 Å². The smallest absolute Gasteiger partial charge is 0.139 e. The minimum absolute atomic E-state index is 0.306. The number of hydrogen-bond donors (Lipinski definition) is 1. The Hall–Kier alpha value is -0.0600. The van der Waals surface area contributed by atoms with E-state index in [9.17, 15) is 5.11 Å². The Balaban J connectivity index is 2.96. The standard InChI is InChI=1S/C8H4Br2OS/c9-4-1-2-6-7(8(4)11)5(10)3-12-6/h1-3,11H. The van der Waals surface area contributed by atoms with E-state index in [1.807, 2.05) is 17.5 Å². The van der Waals surface area contributed by atoms with Crippen molar-refractivity contribution in [3.8, 4) is 5.75 Å². The molecule has 1 nitrogen and oxygen atoms in total. The third kappa shape index (κ3) is 1.18. The van der Waals surface area contributed by atoms with E-state index in [2.05, 4.69) is 31.9 Å². The van der Waals surface area contributed by atoms with Crippen molar-refractivity contribution in [2.45, 2.75) is 0 Å². The fraction of sp³-hybridized carbons (Fsp3) is 0. The first-order valence-corrected chi connectivity index (χ1v) is 5.71. The van der Waals surface area contributed by atoms with Crippen LogP contribution < -0.4 is 0 Å². The molecule has 62 valence electrons. The van der Waals surface area contributed by atoms with Gasteiger partial charge in [-0.1, -0.05) is 0 Å². The average Bonchev–Trinajstić information content (AvgIpc) is 2.41. The topological polar surface area (TPSA) is 20.2 Å². The number of halogens is 2. The molecule has 0 amide bonds. The van der Waals surface area contributed by atoms with Gasteiger partial charge in [0.15, 0.2) is 0 Å². The maximum absolute atomic E-state index is 9.66. The minimum atomic E-state index is 0.306. The molecule has 12 heavy (non-hydrogen) atoms. The van der Waals surface area contributed by atoms with Gasteiger partial charge in [-0.2, -0.15) is 0 Å². The van der Waals surface area contributed by atoms with E-state index in [1.165, 1.54) is 0 Å². The van der Waals surface area contributed by atoms with Gasteiger partial charge in [0, 0.05) is 19.9 Å². The van der Waals surface area contributed by atoms with Gasteiger partial charge in [0.1, 0.15) is 5.75 Å².